The number of rotatable bonds is 4. The third kappa shape index (κ3) is 2.53. The van der Waals surface area contributed by atoms with Crippen molar-refractivity contribution in [1.29, 1.82) is 0 Å². The molecular formula is C11H14N2O2. The number of pyridine rings is 1. The van der Waals surface area contributed by atoms with E-state index in [4.69, 9.17) is 5.11 Å². The second-order valence-corrected chi connectivity index (χ2v) is 3.85. The van der Waals surface area contributed by atoms with Crippen LogP contribution in [0.15, 0.2) is 18.3 Å². The molecule has 2 rings (SSSR count). The lowest BCUT2D eigenvalue weighted by atomic mass is 9.93. The highest BCUT2D eigenvalue weighted by molar-refractivity contribution is 5.87. The van der Waals surface area contributed by atoms with Gasteiger partial charge in [0.05, 0.1) is 11.3 Å². The summed E-state index contributed by atoms with van der Waals surface area (Å²) in [6, 6.07) is 3.98. The molecule has 4 nitrogen and oxygen atoms in total. The fourth-order valence-corrected chi connectivity index (χ4v) is 1.52. The molecule has 0 spiro atoms. The van der Waals surface area contributed by atoms with Crippen LogP contribution in [0.25, 0.3) is 0 Å². The fourth-order valence-electron chi connectivity index (χ4n) is 1.52. The van der Waals surface area contributed by atoms with Gasteiger partial charge in [-0.05, 0) is 25.0 Å². The maximum atomic E-state index is 10.6. The van der Waals surface area contributed by atoms with Crippen LogP contribution >= 0.6 is 0 Å². The van der Waals surface area contributed by atoms with Gasteiger partial charge in [-0.1, -0.05) is 6.42 Å². The molecule has 4 heteroatoms. The van der Waals surface area contributed by atoms with E-state index >= 15 is 0 Å². The van der Waals surface area contributed by atoms with E-state index in [1.165, 1.54) is 25.5 Å². The minimum atomic E-state index is -0.930. The van der Waals surface area contributed by atoms with Gasteiger partial charge >= 0.3 is 5.97 Å². The number of hydrogen-bond acceptors (Lipinski definition) is 3. The highest BCUT2D eigenvalue weighted by atomic mass is 16.4. The Balaban J connectivity index is 1.88. The minimum absolute atomic E-state index is 0.238. The van der Waals surface area contributed by atoms with Gasteiger partial charge in [-0.2, -0.15) is 0 Å². The summed E-state index contributed by atoms with van der Waals surface area (Å²) >= 11 is 0. The third-order valence-electron chi connectivity index (χ3n) is 2.75. The van der Waals surface area contributed by atoms with Crippen molar-refractivity contribution in [3.8, 4) is 0 Å². The Morgan fingerprint density at radius 3 is 2.80 bits per heavy atom. The fraction of sp³-hybridized carbons (Fsp3) is 0.455. The molecule has 1 aromatic heterocycles. The zero-order valence-electron chi connectivity index (χ0n) is 8.44. The number of carboxylic acids is 1. The van der Waals surface area contributed by atoms with Crippen LogP contribution in [0.1, 0.15) is 35.3 Å². The summed E-state index contributed by atoms with van der Waals surface area (Å²) in [5.41, 5.74) is 1.13. The Kier molecular flexibility index (Phi) is 2.97. The maximum Gasteiger partial charge on any atom is 0.337 e. The molecule has 0 aromatic carbocycles. The summed E-state index contributed by atoms with van der Waals surface area (Å²) in [7, 11) is 0. The molecule has 1 fully saturated rings. The zero-order chi connectivity index (χ0) is 10.7. The molecule has 0 bridgehead atoms. The molecule has 0 unspecified atom stereocenters. The Morgan fingerprint density at radius 2 is 2.33 bits per heavy atom. The van der Waals surface area contributed by atoms with E-state index in [1.807, 2.05) is 0 Å². The van der Waals surface area contributed by atoms with Crippen molar-refractivity contribution in [3.63, 3.8) is 0 Å². The van der Waals surface area contributed by atoms with E-state index in [0.717, 1.165) is 12.2 Å². The molecule has 0 radical (unpaired) electrons. The van der Waals surface area contributed by atoms with E-state index in [2.05, 4.69) is 10.3 Å². The van der Waals surface area contributed by atoms with Gasteiger partial charge in [-0.3, -0.25) is 4.98 Å². The van der Waals surface area contributed by atoms with Crippen LogP contribution in [0, 0.1) is 0 Å². The summed E-state index contributed by atoms with van der Waals surface area (Å²) in [6.45, 7) is 0.727. The molecule has 0 atom stereocenters. The van der Waals surface area contributed by atoms with Crippen LogP contribution < -0.4 is 5.32 Å². The summed E-state index contributed by atoms with van der Waals surface area (Å²) in [4.78, 5) is 14.7. The number of nitrogens with one attached hydrogen (secondary N) is 1. The number of aromatic carboxylic acids is 1. The van der Waals surface area contributed by atoms with Crippen molar-refractivity contribution in [3.05, 3.63) is 29.6 Å². The first-order valence-electron chi connectivity index (χ1n) is 5.17. The van der Waals surface area contributed by atoms with E-state index in [0.29, 0.717) is 6.04 Å². The van der Waals surface area contributed by atoms with Gasteiger partial charge in [0, 0.05) is 18.8 Å². The van der Waals surface area contributed by atoms with Crippen LogP contribution in [0.3, 0.4) is 0 Å². The van der Waals surface area contributed by atoms with Gasteiger partial charge in [0.15, 0.2) is 0 Å². The van der Waals surface area contributed by atoms with Gasteiger partial charge in [-0.15, -0.1) is 0 Å². The average molecular weight is 206 g/mol. The summed E-state index contributed by atoms with van der Waals surface area (Å²) in [6.07, 6.45) is 5.20. The molecule has 1 aliphatic carbocycles. The second kappa shape index (κ2) is 4.40. The van der Waals surface area contributed by atoms with Crippen molar-refractivity contribution in [1.82, 2.24) is 10.3 Å². The number of carbonyl (C=O) groups is 1. The Bertz CT molecular complexity index is 344. The van der Waals surface area contributed by atoms with Crippen LogP contribution in [0.4, 0.5) is 0 Å². The average Bonchev–Trinajstić information content (AvgIpc) is 2.16. The van der Waals surface area contributed by atoms with Gasteiger partial charge in [0.25, 0.3) is 0 Å². The predicted molar refractivity (Wildman–Crippen MR) is 55.7 cm³/mol. The highest BCUT2D eigenvalue weighted by Gasteiger charge is 2.16. The van der Waals surface area contributed by atoms with Gasteiger partial charge in [0.1, 0.15) is 0 Å². The van der Waals surface area contributed by atoms with Crippen molar-refractivity contribution >= 4 is 5.97 Å². The van der Waals surface area contributed by atoms with Gasteiger partial charge < -0.3 is 10.4 Å². The van der Waals surface area contributed by atoms with Gasteiger partial charge in [-0.25, -0.2) is 4.79 Å². The smallest absolute Gasteiger partial charge is 0.337 e. The monoisotopic (exact) mass is 206 g/mol. The van der Waals surface area contributed by atoms with E-state index in [9.17, 15) is 4.79 Å². The molecule has 1 aromatic rings. The Hall–Kier alpha value is -1.42. The third-order valence-corrected chi connectivity index (χ3v) is 2.75. The van der Waals surface area contributed by atoms with Crippen LogP contribution in [0.2, 0.25) is 0 Å². The van der Waals surface area contributed by atoms with Crippen molar-refractivity contribution in [2.45, 2.75) is 31.8 Å². The van der Waals surface area contributed by atoms with Crippen LogP contribution in [-0.4, -0.2) is 22.1 Å². The summed E-state index contributed by atoms with van der Waals surface area (Å²) < 4.78 is 0. The number of aromatic nitrogens is 1. The molecule has 1 aliphatic rings. The summed E-state index contributed by atoms with van der Waals surface area (Å²) in [5, 5.41) is 12.1. The molecule has 0 saturated heterocycles. The van der Waals surface area contributed by atoms with Gasteiger partial charge in [0.2, 0.25) is 0 Å². The predicted octanol–water partition coefficient (Wildman–Crippen LogP) is 1.42. The number of hydrogen-bond donors (Lipinski definition) is 2. The summed E-state index contributed by atoms with van der Waals surface area (Å²) in [5.74, 6) is -0.930. The lowest BCUT2D eigenvalue weighted by Gasteiger charge is -2.26. The normalized spacial score (nSPS) is 16.0. The number of nitrogens with zero attached hydrogens (tertiary/aromatic N) is 1. The molecule has 0 aliphatic heterocycles. The maximum absolute atomic E-state index is 10.6. The molecule has 15 heavy (non-hydrogen) atoms. The molecular weight excluding hydrogens is 192 g/mol. The Labute approximate surface area is 88.3 Å². The molecule has 1 heterocycles. The minimum Gasteiger partial charge on any atom is -0.478 e. The lowest BCUT2D eigenvalue weighted by Crippen LogP contribution is -2.34. The van der Waals surface area contributed by atoms with Crippen LogP contribution in [-0.2, 0) is 6.54 Å². The van der Waals surface area contributed by atoms with Crippen molar-refractivity contribution < 1.29 is 9.90 Å². The quantitative estimate of drug-likeness (QED) is 0.782. The molecule has 1 saturated carbocycles. The number of carboxylic acid groups (broad SMARTS) is 1. The van der Waals surface area contributed by atoms with Crippen LogP contribution in [0.5, 0.6) is 0 Å². The lowest BCUT2D eigenvalue weighted by molar-refractivity contribution is 0.0696. The van der Waals surface area contributed by atoms with Crippen molar-refractivity contribution in [2.24, 2.45) is 0 Å². The van der Waals surface area contributed by atoms with E-state index in [-0.39, 0.29) is 5.56 Å². The topological polar surface area (TPSA) is 62.2 Å². The van der Waals surface area contributed by atoms with Crippen molar-refractivity contribution in [2.75, 3.05) is 0 Å². The molecule has 80 valence electrons. The molecule has 0 amide bonds. The largest absolute Gasteiger partial charge is 0.478 e. The Morgan fingerprint density at radius 1 is 1.53 bits per heavy atom. The van der Waals surface area contributed by atoms with E-state index in [1.54, 1.807) is 12.1 Å². The molecule has 2 N–H and O–H groups in total. The van der Waals surface area contributed by atoms with E-state index < -0.39 is 5.97 Å². The first-order chi connectivity index (χ1) is 7.25. The SMILES string of the molecule is O=C(O)c1ccc(CNC2CCC2)nc1. The first-order valence-corrected chi connectivity index (χ1v) is 5.17. The first kappa shape index (κ1) is 10.1. The standard InChI is InChI=1S/C11H14N2O2/c14-11(15)8-4-5-10(12-6-8)7-13-9-2-1-3-9/h4-6,9,13H,1-3,7H2,(H,14,15). The second-order valence-electron chi connectivity index (χ2n) is 3.85. The highest BCUT2D eigenvalue weighted by Crippen LogP contribution is 2.18. The zero-order valence-corrected chi connectivity index (χ0v) is 8.44.